The number of anilines is 1. The standard InChI is InChI=1S/C26H31N5O3/c1-17-5-6-18(15-28-17)13-19(33)16-31(4)25-23-21(7-9-26(23,2)3)29-24(30-25)22-14-20(8-10-27-22)34-12-11-32/h5-6,8,10,14-15,32H,7,9,11-13,16H2,1-4H3. The topological polar surface area (TPSA) is 101 Å². The van der Waals surface area contributed by atoms with Gasteiger partial charge < -0.3 is 14.7 Å². The van der Waals surface area contributed by atoms with E-state index in [1.165, 1.54) is 0 Å². The number of ether oxygens (including phenoxy) is 1. The Bertz CT molecular complexity index is 1180. The quantitative estimate of drug-likeness (QED) is 0.519. The van der Waals surface area contributed by atoms with E-state index in [4.69, 9.17) is 19.8 Å². The first-order chi connectivity index (χ1) is 16.3. The molecule has 34 heavy (non-hydrogen) atoms. The molecule has 4 rings (SSSR count). The number of fused-ring (bicyclic) bond motifs is 1. The summed E-state index contributed by atoms with van der Waals surface area (Å²) in [6.45, 7) is 6.69. The Kier molecular flexibility index (Phi) is 6.88. The monoisotopic (exact) mass is 461 g/mol. The predicted octanol–water partition coefficient (Wildman–Crippen LogP) is 3.08. The normalized spacial score (nSPS) is 14.0. The number of pyridine rings is 2. The fraction of sp³-hybridized carbons (Fsp3) is 0.423. The zero-order valence-corrected chi connectivity index (χ0v) is 20.2. The summed E-state index contributed by atoms with van der Waals surface area (Å²) < 4.78 is 5.53. The molecule has 0 saturated carbocycles. The molecule has 0 fully saturated rings. The molecule has 1 aliphatic rings. The molecule has 3 heterocycles. The minimum Gasteiger partial charge on any atom is -0.491 e. The summed E-state index contributed by atoms with van der Waals surface area (Å²) in [7, 11) is 1.90. The highest BCUT2D eigenvalue weighted by Gasteiger charge is 2.36. The maximum Gasteiger partial charge on any atom is 0.180 e. The molecule has 8 heteroatoms. The molecule has 0 bridgehead atoms. The van der Waals surface area contributed by atoms with Crippen molar-refractivity contribution in [2.75, 3.05) is 31.7 Å². The third-order valence-electron chi connectivity index (χ3n) is 6.10. The SMILES string of the molecule is Cc1ccc(CC(=O)CN(C)c2nc(-c3cc(OCCO)ccn3)nc3c2C(C)(C)CC3)cn1. The first-order valence-corrected chi connectivity index (χ1v) is 11.5. The van der Waals surface area contributed by atoms with Crippen molar-refractivity contribution >= 4 is 11.6 Å². The molecule has 0 saturated heterocycles. The second-order valence-electron chi connectivity index (χ2n) is 9.40. The summed E-state index contributed by atoms with van der Waals surface area (Å²) in [5, 5.41) is 9.04. The van der Waals surface area contributed by atoms with Gasteiger partial charge in [0.05, 0.1) is 18.8 Å². The van der Waals surface area contributed by atoms with Gasteiger partial charge in [0, 0.05) is 43.2 Å². The van der Waals surface area contributed by atoms with Crippen LogP contribution in [0.3, 0.4) is 0 Å². The van der Waals surface area contributed by atoms with Gasteiger partial charge in [0.15, 0.2) is 11.6 Å². The van der Waals surface area contributed by atoms with Gasteiger partial charge in [0.25, 0.3) is 0 Å². The van der Waals surface area contributed by atoms with Crippen LogP contribution >= 0.6 is 0 Å². The molecule has 0 aromatic carbocycles. The molecule has 3 aromatic heterocycles. The number of rotatable bonds is 9. The van der Waals surface area contributed by atoms with Gasteiger partial charge in [0.1, 0.15) is 23.9 Å². The van der Waals surface area contributed by atoms with Gasteiger partial charge in [0.2, 0.25) is 0 Å². The number of carbonyl (C=O) groups excluding carboxylic acids is 1. The summed E-state index contributed by atoms with van der Waals surface area (Å²) in [6, 6.07) is 7.38. The van der Waals surface area contributed by atoms with Gasteiger partial charge in [-0.25, -0.2) is 9.97 Å². The van der Waals surface area contributed by atoms with Crippen LogP contribution in [0.2, 0.25) is 0 Å². The van der Waals surface area contributed by atoms with E-state index in [1.54, 1.807) is 24.5 Å². The molecule has 0 unspecified atom stereocenters. The van der Waals surface area contributed by atoms with Crippen molar-refractivity contribution in [3.63, 3.8) is 0 Å². The second kappa shape index (κ2) is 9.85. The van der Waals surface area contributed by atoms with Crippen LogP contribution in [0, 0.1) is 6.92 Å². The van der Waals surface area contributed by atoms with Gasteiger partial charge in [-0.2, -0.15) is 0 Å². The van der Waals surface area contributed by atoms with E-state index in [1.807, 2.05) is 31.0 Å². The van der Waals surface area contributed by atoms with Crippen LogP contribution in [-0.4, -0.2) is 57.6 Å². The highest BCUT2D eigenvalue weighted by molar-refractivity contribution is 5.85. The van der Waals surface area contributed by atoms with Gasteiger partial charge in [-0.15, -0.1) is 0 Å². The molecule has 1 N–H and O–H groups in total. The summed E-state index contributed by atoms with van der Waals surface area (Å²) in [4.78, 5) is 33.3. The van der Waals surface area contributed by atoms with Crippen molar-refractivity contribution in [1.82, 2.24) is 19.9 Å². The molecule has 1 aliphatic carbocycles. The Labute approximate surface area is 200 Å². The van der Waals surface area contributed by atoms with E-state index in [-0.39, 0.29) is 31.0 Å². The fourth-order valence-electron chi connectivity index (χ4n) is 4.33. The van der Waals surface area contributed by atoms with E-state index in [0.717, 1.165) is 41.2 Å². The smallest absolute Gasteiger partial charge is 0.180 e. The van der Waals surface area contributed by atoms with Crippen molar-refractivity contribution in [3.8, 4) is 17.3 Å². The van der Waals surface area contributed by atoms with Crippen LogP contribution in [0.15, 0.2) is 36.7 Å². The largest absolute Gasteiger partial charge is 0.491 e. The van der Waals surface area contributed by atoms with Gasteiger partial charge in [-0.1, -0.05) is 19.9 Å². The van der Waals surface area contributed by atoms with Crippen molar-refractivity contribution in [1.29, 1.82) is 0 Å². The van der Waals surface area contributed by atoms with Crippen LogP contribution in [0.4, 0.5) is 5.82 Å². The van der Waals surface area contributed by atoms with E-state index in [9.17, 15) is 4.79 Å². The van der Waals surface area contributed by atoms with E-state index in [0.29, 0.717) is 23.7 Å². The van der Waals surface area contributed by atoms with Crippen molar-refractivity contribution in [3.05, 3.63) is 59.2 Å². The molecule has 0 radical (unpaired) electrons. The third-order valence-corrected chi connectivity index (χ3v) is 6.10. The lowest BCUT2D eigenvalue weighted by atomic mass is 9.87. The van der Waals surface area contributed by atoms with Crippen LogP contribution in [0.25, 0.3) is 11.5 Å². The number of aliphatic hydroxyl groups is 1. The molecule has 0 spiro atoms. The average molecular weight is 462 g/mol. The Balaban J connectivity index is 1.64. The predicted molar refractivity (Wildman–Crippen MR) is 130 cm³/mol. The van der Waals surface area contributed by atoms with Crippen LogP contribution in [-0.2, 0) is 23.1 Å². The van der Waals surface area contributed by atoms with E-state index < -0.39 is 0 Å². The number of aryl methyl sites for hydroxylation is 2. The van der Waals surface area contributed by atoms with Crippen molar-refractivity contribution < 1.29 is 14.6 Å². The number of hydrogen-bond acceptors (Lipinski definition) is 8. The first kappa shape index (κ1) is 23.8. The highest BCUT2D eigenvalue weighted by atomic mass is 16.5. The lowest BCUT2D eigenvalue weighted by Crippen LogP contribution is -2.30. The second-order valence-corrected chi connectivity index (χ2v) is 9.40. The van der Waals surface area contributed by atoms with Gasteiger partial charge in [-0.05, 0) is 42.9 Å². The molecule has 8 nitrogen and oxygen atoms in total. The number of carbonyl (C=O) groups is 1. The van der Waals surface area contributed by atoms with Crippen LogP contribution < -0.4 is 9.64 Å². The number of aliphatic hydroxyl groups excluding tert-OH is 1. The number of ketones is 1. The summed E-state index contributed by atoms with van der Waals surface area (Å²) in [5.74, 6) is 1.96. The molecule has 178 valence electrons. The lowest BCUT2D eigenvalue weighted by Gasteiger charge is -2.27. The zero-order chi connectivity index (χ0) is 24.3. The zero-order valence-electron chi connectivity index (χ0n) is 20.2. The maximum atomic E-state index is 12.9. The molecule has 0 aliphatic heterocycles. The summed E-state index contributed by atoms with van der Waals surface area (Å²) >= 11 is 0. The maximum absolute atomic E-state index is 12.9. The molecule has 0 atom stereocenters. The Morgan fingerprint density at radius 2 is 2.03 bits per heavy atom. The van der Waals surface area contributed by atoms with Crippen LogP contribution in [0.1, 0.15) is 42.8 Å². The highest BCUT2D eigenvalue weighted by Crippen LogP contribution is 2.43. The lowest BCUT2D eigenvalue weighted by molar-refractivity contribution is -0.117. The molecule has 0 amide bonds. The minimum atomic E-state index is -0.0824. The van der Waals surface area contributed by atoms with E-state index in [2.05, 4.69) is 23.8 Å². The molecular formula is C26H31N5O3. The third kappa shape index (κ3) is 5.22. The number of nitrogens with zero attached hydrogens (tertiary/aromatic N) is 5. The van der Waals surface area contributed by atoms with Crippen molar-refractivity contribution in [2.45, 2.75) is 45.4 Å². The first-order valence-electron chi connectivity index (χ1n) is 11.5. The summed E-state index contributed by atoms with van der Waals surface area (Å²) in [6.07, 6.45) is 5.55. The van der Waals surface area contributed by atoms with E-state index >= 15 is 0 Å². The number of aromatic nitrogens is 4. The Morgan fingerprint density at radius 1 is 1.21 bits per heavy atom. The number of likely N-dealkylation sites (N-methyl/N-ethyl adjacent to an activating group) is 1. The average Bonchev–Trinajstić information content (AvgIpc) is 3.13. The van der Waals surface area contributed by atoms with Crippen molar-refractivity contribution in [2.24, 2.45) is 0 Å². The Hall–Kier alpha value is -3.39. The number of hydrogen-bond donors (Lipinski definition) is 1. The summed E-state index contributed by atoms with van der Waals surface area (Å²) in [5.41, 5.74) is 4.43. The fourth-order valence-corrected chi connectivity index (χ4v) is 4.33. The number of Topliss-reactive ketones (excluding diaryl/α,β-unsaturated/α-hetero) is 1. The van der Waals surface area contributed by atoms with Gasteiger partial charge in [-0.3, -0.25) is 14.8 Å². The molecule has 3 aromatic rings. The molecular weight excluding hydrogens is 430 g/mol. The van der Waals surface area contributed by atoms with Crippen LogP contribution in [0.5, 0.6) is 5.75 Å². The Morgan fingerprint density at radius 3 is 2.76 bits per heavy atom. The van der Waals surface area contributed by atoms with Gasteiger partial charge >= 0.3 is 0 Å². The minimum absolute atomic E-state index is 0.0658.